The third kappa shape index (κ3) is 8.44. The monoisotopic (exact) mass is 281 g/mol. The Morgan fingerprint density at radius 2 is 1.90 bits per heavy atom. The van der Waals surface area contributed by atoms with Gasteiger partial charge in [0, 0.05) is 6.08 Å². The van der Waals surface area contributed by atoms with Crippen molar-refractivity contribution >= 4 is 11.8 Å². The second-order valence-corrected chi connectivity index (χ2v) is 5.13. The normalized spacial score (nSPS) is 12.9. The van der Waals surface area contributed by atoms with Crippen molar-refractivity contribution in [2.24, 2.45) is 5.92 Å². The maximum Gasteiger partial charge on any atom is 0.349 e. The number of rotatable bonds is 9. The summed E-state index contributed by atoms with van der Waals surface area (Å²) in [6.07, 6.45) is 3.51. The predicted molar refractivity (Wildman–Crippen MR) is 74.6 cm³/mol. The number of unbranched alkanes of at least 4 members (excludes halogenated alkanes) is 2. The molecule has 1 unspecified atom stereocenters. The van der Waals surface area contributed by atoms with E-state index in [2.05, 4.69) is 13.8 Å². The first-order chi connectivity index (χ1) is 9.38. The van der Waals surface area contributed by atoms with E-state index < -0.39 is 17.9 Å². The van der Waals surface area contributed by atoms with Crippen LogP contribution in [0.2, 0.25) is 0 Å². The van der Waals surface area contributed by atoms with Crippen molar-refractivity contribution in [3.05, 3.63) is 11.6 Å². The van der Waals surface area contributed by atoms with Gasteiger partial charge in [0.05, 0.1) is 6.61 Å². The van der Waals surface area contributed by atoms with E-state index in [1.54, 1.807) is 6.07 Å². The van der Waals surface area contributed by atoms with Crippen LogP contribution >= 0.6 is 0 Å². The van der Waals surface area contributed by atoms with E-state index in [1.165, 1.54) is 6.92 Å². The average molecular weight is 281 g/mol. The van der Waals surface area contributed by atoms with Crippen LogP contribution in [0.25, 0.3) is 0 Å². The molecule has 0 aliphatic heterocycles. The molecule has 0 aromatic carbocycles. The third-order valence-electron chi connectivity index (χ3n) is 2.70. The minimum absolute atomic E-state index is 0.235. The Morgan fingerprint density at radius 3 is 2.40 bits per heavy atom. The second kappa shape index (κ2) is 10.2. The van der Waals surface area contributed by atoms with Crippen LogP contribution in [-0.2, 0) is 14.3 Å². The number of nitriles is 1. The molecule has 0 radical (unpaired) electrons. The van der Waals surface area contributed by atoms with Crippen LogP contribution in [0.15, 0.2) is 11.6 Å². The minimum atomic E-state index is -1.23. The van der Waals surface area contributed by atoms with Gasteiger partial charge >= 0.3 is 5.97 Å². The highest BCUT2D eigenvalue weighted by molar-refractivity contribution is 6.03. The van der Waals surface area contributed by atoms with Gasteiger partial charge in [-0.2, -0.15) is 5.26 Å². The Labute approximate surface area is 120 Å². The molecule has 0 heterocycles. The molecule has 0 saturated heterocycles. The standard InChI is InChI=1S/C15H23NO4/c1-11(2)7-5-4-6-8-20-15(19)13(10-16)9-14(18)12(3)17/h9,11-12,17H,4-8H2,1-3H3/b13-9+. The Morgan fingerprint density at radius 1 is 1.25 bits per heavy atom. The maximum absolute atomic E-state index is 11.5. The van der Waals surface area contributed by atoms with Crippen molar-refractivity contribution in [1.29, 1.82) is 5.26 Å². The zero-order chi connectivity index (χ0) is 15.5. The molecule has 0 spiro atoms. The fourth-order valence-electron chi connectivity index (χ4n) is 1.47. The van der Waals surface area contributed by atoms with E-state index in [-0.39, 0.29) is 12.2 Å². The van der Waals surface area contributed by atoms with E-state index in [0.717, 1.165) is 31.8 Å². The Kier molecular flexibility index (Phi) is 9.31. The molecule has 0 aliphatic rings. The first-order valence-corrected chi connectivity index (χ1v) is 6.89. The number of hydrogen-bond acceptors (Lipinski definition) is 5. The Bertz CT molecular complexity index is 391. The summed E-state index contributed by atoms with van der Waals surface area (Å²) in [5.41, 5.74) is -0.377. The molecule has 0 amide bonds. The zero-order valence-corrected chi connectivity index (χ0v) is 12.4. The smallest absolute Gasteiger partial charge is 0.349 e. The van der Waals surface area contributed by atoms with Gasteiger partial charge in [-0.1, -0.05) is 33.1 Å². The van der Waals surface area contributed by atoms with Crippen molar-refractivity contribution in [3.8, 4) is 6.07 Å². The van der Waals surface area contributed by atoms with Gasteiger partial charge in [-0.15, -0.1) is 0 Å². The number of hydrogen-bond donors (Lipinski definition) is 1. The van der Waals surface area contributed by atoms with Crippen molar-refractivity contribution in [1.82, 2.24) is 0 Å². The zero-order valence-electron chi connectivity index (χ0n) is 12.4. The lowest BCUT2D eigenvalue weighted by Gasteiger charge is -2.05. The van der Waals surface area contributed by atoms with Gasteiger partial charge in [0.15, 0.2) is 5.78 Å². The molecule has 1 atom stereocenters. The molecular formula is C15H23NO4. The number of carbonyl (C=O) groups excluding carboxylic acids is 2. The van der Waals surface area contributed by atoms with Crippen molar-refractivity contribution in [2.75, 3.05) is 6.61 Å². The molecule has 0 bridgehead atoms. The number of aliphatic hydroxyl groups excluding tert-OH is 1. The lowest BCUT2D eigenvalue weighted by molar-refractivity contribution is -0.139. The summed E-state index contributed by atoms with van der Waals surface area (Å²) in [6, 6.07) is 1.61. The molecule has 1 N–H and O–H groups in total. The number of esters is 1. The average Bonchev–Trinajstić information content (AvgIpc) is 2.38. The molecular weight excluding hydrogens is 258 g/mol. The van der Waals surface area contributed by atoms with Crippen LogP contribution in [0, 0.1) is 17.2 Å². The summed E-state index contributed by atoms with van der Waals surface area (Å²) < 4.78 is 4.92. The molecule has 5 heteroatoms. The van der Waals surface area contributed by atoms with E-state index in [0.29, 0.717) is 5.92 Å². The minimum Gasteiger partial charge on any atom is -0.462 e. The fourth-order valence-corrected chi connectivity index (χ4v) is 1.47. The Balaban J connectivity index is 4.07. The van der Waals surface area contributed by atoms with Gasteiger partial charge in [0.1, 0.15) is 17.7 Å². The van der Waals surface area contributed by atoms with Crippen LogP contribution in [0.4, 0.5) is 0 Å². The third-order valence-corrected chi connectivity index (χ3v) is 2.70. The highest BCUT2D eigenvalue weighted by Gasteiger charge is 2.14. The lowest BCUT2D eigenvalue weighted by Crippen LogP contribution is -2.16. The number of nitrogens with zero attached hydrogens (tertiary/aromatic N) is 1. The van der Waals surface area contributed by atoms with E-state index in [9.17, 15) is 9.59 Å². The molecule has 112 valence electrons. The summed E-state index contributed by atoms with van der Waals surface area (Å²) in [5.74, 6) is -0.835. The Hall–Kier alpha value is -1.67. The van der Waals surface area contributed by atoms with Crippen molar-refractivity contribution in [2.45, 2.75) is 52.6 Å². The van der Waals surface area contributed by atoms with E-state index >= 15 is 0 Å². The maximum atomic E-state index is 11.5. The van der Waals surface area contributed by atoms with Crippen LogP contribution in [0.1, 0.15) is 46.5 Å². The second-order valence-electron chi connectivity index (χ2n) is 5.13. The number of carbonyl (C=O) groups is 2. The van der Waals surface area contributed by atoms with Gasteiger partial charge in [-0.3, -0.25) is 4.79 Å². The molecule has 0 aliphatic carbocycles. The SMILES string of the molecule is CC(C)CCCCCOC(=O)/C(C#N)=C/C(=O)C(C)O. The lowest BCUT2D eigenvalue weighted by atomic mass is 10.1. The van der Waals surface area contributed by atoms with E-state index in [4.69, 9.17) is 15.1 Å². The molecule has 0 aromatic heterocycles. The van der Waals surface area contributed by atoms with Gasteiger partial charge in [0.2, 0.25) is 0 Å². The van der Waals surface area contributed by atoms with Crippen LogP contribution in [0.3, 0.4) is 0 Å². The van der Waals surface area contributed by atoms with Gasteiger partial charge < -0.3 is 9.84 Å². The number of ether oxygens (including phenoxy) is 1. The molecule has 20 heavy (non-hydrogen) atoms. The number of ketones is 1. The summed E-state index contributed by atoms with van der Waals surface area (Å²) >= 11 is 0. The predicted octanol–water partition coefficient (Wildman–Crippen LogP) is 2.15. The first kappa shape index (κ1) is 18.3. The largest absolute Gasteiger partial charge is 0.462 e. The van der Waals surface area contributed by atoms with Crippen LogP contribution in [0.5, 0.6) is 0 Å². The van der Waals surface area contributed by atoms with E-state index in [1.807, 2.05) is 0 Å². The van der Waals surface area contributed by atoms with Gasteiger partial charge in [-0.05, 0) is 19.3 Å². The van der Waals surface area contributed by atoms with Crippen LogP contribution in [-0.4, -0.2) is 29.6 Å². The first-order valence-electron chi connectivity index (χ1n) is 6.89. The quantitative estimate of drug-likeness (QED) is 0.303. The summed E-state index contributed by atoms with van der Waals surface area (Å²) in [4.78, 5) is 22.7. The van der Waals surface area contributed by atoms with Crippen molar-refractivity contribution < 1.29 is 19.4 Å². The molecule has 0 rings (SSSR count). The van der Waals surface area contributed by atoms with Crippen LogP contribution < -0.4 is 0 Å². The highest BCUT2D eigenvalue weighted by Crippen LogP contribution is 2.08. The van der Waals surface area contributed by atoms with Gasteiger partial charge in [0.25, 0.3) is 0 Å². The molecule has 0 aromatic rings. The highest BCUT2D eigenvalue weighted by atomic mass is 16.5. The fraction of sp³-hybridized carbons (Fsp3) is 0.667. The molecule has 5 nitrogen and oxygen atoms in total. The van der Waals surface area contributed by atoms with Gasteiger partial charge in [-0.25, -0.2) is 4.79 Å². The summed E-state index contributed by atoms with van der Waals surface area (Å²) in [6.45, 7) is 5.82. The summed E-state index contributed by atoms with van der Waals surface area (Å²) in [5, 5.41) is 17.8. The summed E-state index contributed by atoms with van der Waals surface area (Å²) in [7, 11) is 0. The topological polar surface area (TPSA) is 87.4 Å². The van der Waals surface area contributed by atoms with Crippen molar-refractivity contribution in [3.63, 3.8) is 0 Å². The molecule has 0 saturated carbocycles. The molecule has 0 fully saturated rings. The number of aliphatic hydroxyl groups is 1.